The Labute approximate surface area is 110 Å². The Morgan fingerprint density at radius 2 is 2.33 bits per heavy atom. The van der Waals surface area contributed by atoms with E-state index in [-0.39, 0.29) is 11.9 Å². The number of amides is 1. The van der Waals surface area contributed by atoms with Gasteiger partial charge in [0.1, 0.15) is 0 Å². The quantitative estimate of drug-likeness (QED) is 0.899. The first-order valence-electron chi connectivity index (χ1n) is 6.12. The molecule has 1 aliphatic rings. The molecule has 1 saturated heterocycles. The highest BCUT2D eigenvalue weighted by Crippen LogP contribution is 2.28. The van der Waals surface area contributed by atoms with Crippen LogP contribution in [0.3, 0.4) is 0 Å². The van der Waals surface area contributed by atoms with Crippen LogP contribution in [0, 0.1) is 0 Å². The summed E-state index contributed by atoms with van der Waals surface area (Å²) < 4.78 is 1.12. The van der Waals surface area contributed by atoms with Gasteiger partial charge in [-0.3, -0.25) is 9.69 Å². The normalized spacial score (nSPS) is 19.3. The van der Waals surface area contributed by atoms with E-state index in [1.165, 1.54) is 0 Å². The van der Waals surface area contributed by atoms with E-state index in [1.54, 1.807) is 23.3 Å². The molecule has 0 aliphatic carbocycles. The second-order valence-electron chi connectivity index (χ2n) is 4.51. The lowest BCUT2D eigenvalue weighted by molar-refractivity contribution is -0.119. The van der Waals surface area contributed by atoms with Gasteiger partial charge in [-0.05, 0) is 31.5 Å². The van der Waals surface area contributed by atoms with Crippen LogP contribution >= 0.6 is 11.3 Å². The number of likely N-dealkylation sites (N-methyl/N-ethyl adjacent to an activating group) is 1. The number of carbonyl (C=O) groups is 1. The van der Waals surface area contributed by atoms with E-state index in [4.69, 9.17) is 0 Å². The molecule has 0 radical (unpaired) electrons. The molecule has 1 aromatic heterocycles. The summed E-state index contributed by atoms with van der Waals surface area (Å²) in [4.78, 5) is 18.4. The molecule has 2 aromatic rings. The van der Waals surface area contributed by atoms with Crippen molar-refractivity contribution in [3.8, 4) is 0 Å². The smallest absolute Gasteiger partial charge is 0.245 e. The number of aromatic nitrogens is 1. The first-order chi connectivity index (χ1) is 8.75. The lowest BCUT2D eigenvalue weighted by Gasteiger charge is -2.18. The lowest BCUT2D eigenvalue weighted by Crippen LogP contribution is -2.41. The molecule has 1 N–H and O–H groups in total. The monoisotopic (exact) mass is 261 g/mol. The van der Waals surface area contributed by atoms with Gasteiger partial charge in [0.15, 0.2) is 5.13 Å². The summed E-state index contributed by atoms with van der Waals surface area (Å²) in [6, 6.07) is 7.92. The zero-order valence-electron chi connectivity index (χ0n) is 10.2. The van der Waals surface area contributed by atoms with Crippen LogP contribution < -0.4 is 10.2 Å². The van der Waals surface area contributed by atoms with Crippen LogP contribution in [0.1, 0.15) is 12.8 Å². The van der Waals surface area contributed by atoms with E-state index in [2.05, 4.69) is 10.3 Å². The summed E-state index contributed by atoms with van der Waals surface area (Å²) in [7, 11) is 1.81. The number of carbonyl (C=O) groups excluding carboxylic acids is 1. The Morgan fingerprint density at radius 1 is 1.50 bits per heavy atom. The second-order valence-corrected chi connectivity index (χ2v) is 5.52. The number of para-hydroxylation sites is 1. The number of rotatable bonds is 2. The van der Waals surface area contributed by atoms with Gasteiger partial charge in [-0.1, -0.05) is 23.5 Å². The molecule has 94 valence electrons. The van der Waals surface area contributed by atoms with Crippen molar-refractivity contribution in [1.29, 1.82) is 0 Å². The maximum atomic E-state index is 12.3. The van der Waals surface area contributed by atoms with Gasteiger partial charge in [0.05, 0.1) is 16.3 Å². The molecule has 1 atom stereocenters. The Kier molecular flexibility index (Phi) is 3.01. The second kappa shape index (κ2) is 4.66. The average molecular weight is 261 g/mol. The number of nitrogens with zero attached hydrogens (tertiary/aromatic N) is 2. The number of nitrogens with one attached hydrogen (secondary N) is 1. The van der Waals surface area contributed by atoms with Crippen molar-refractivity contribution in [1.82, 2.24) is 10.3 Å². The average Bonchev–Trinajstić information content (AvgIpc) is 3.05. The maximum absolute atomic E-state index is 12.3. The third-order valence-corrected chi connectivity index (χ3v) is 4.37. The third kappa shape index (κ3) is 2.00. The lowest BCUT2D eigenvalue weighted by atomic mass is 10.2. The summed E-state index contributed by atoms with van der Waals surface area (Å²) in [5.41, 5.74) is 0.955. The first kappa shape index (κ1) is 11.6. The summed E-state index contributed by atoms with van der Waals surface area (Å²) in [5.74, 6) is 0.117. The number of fused-ring (bicyclic) bond motifs is 1. The van der Waals surface area contributed by atoms with Gasteiger partial charge in [-0.2, -0.15) is 0 Å². The summed E-state index contributed by atoms with van der Waals surface area (Å²) >= 11 is 1.56. The molecule has 1 amide bonds. The molecule has 0 saturated carbocycles. The minimum atomic E-state index is -0.0398. The number of hydrogen-bond acceptors (Lipinski definition) is 4. The Balaban J connectivity index is 1.86. The number of thiazole rings is 1. The summed E-state index contributed by atoms with van der Waals surface area (Å²) in [6.45, 7) is 0.935. The predicted octanol–water partition coefficient (Wildman–Crippen LogP) is 2.01. The van der Waals surface area contributed by atoms with Gasteiger partial charge in [-0.15, -0.1) is 0 Å². The van der Waals surface area contributed by atoms with Crippen molar-refractivity contribution in [3.05, 3.63) is 24.3 Å². The zero-order chi connectivity index (χ0) is 12.5. The Bertz CT molecular complexity index is 541. The van der Waals surface area contributed by atoms with Gasteiger partial charge >= 0.3 is 0 Å². The van der Waals surface area contributed by atoms with Crippen LogP contribution in [0.5, 0.6) is 0 Å². The van der Waals surface area contributed by atoms with Crippen molar-refractivity contribution in [2.24, 2.45) is 0 Å². The Hall–Kier alpha value is -1.46. The highest BCUT2D eigenvalue weighted by Gasteiger charge is 2.26. The van der Waals surface area contributed by atoms with Crippen molar-refractivity contribution in [2.45, 2.75) is 18.9 Å². The minimum Gasteiger partial charge on any atom is -0.306 e. The fraction of sp³-hybridized carbons (Fsp3) is 0.385. The van der Waals surface area contributed by atoms with E-state index in [1.807, 2.05) is 24.3 Å². The van der Waals surface area contributed by atoms with E-state index < -0.39 is 0 Å². The van der Waals surface area contributed by atoms with Gasteiger partial charge < -0.3 is 5.32 Å². The molecule has 1 aliphatic heterocycles. The highest BCUT2D eigenvalue weighted by atomic mass is 32.1. The van der Waals surface area contributed by atoms with Gasteiger partial charge in [-0.25, -0.2) is 4.98 Å². The molecule has 2 heterocycles. The zero-order valence-corrected chi connectivity index (χ0v) is 11.0. The number of hydrogen-bond donors (Lipinski definition) is 1. The minimum absolute atomic E-state index is 0.0398. The molecule has 3 rings (SSSR count). The van der Waals surface area contributed by atoms with Crippen LogP contribution in [0.25, 0.3) is 10.2 Å². The van der Waals surface area contributed by atoms with Crippen LogP contribution in [0.2, 0.25) is 0 Å². The van der Waals surface area contributed by atoms with Crippen molar-refractivity contribution < 1.29 is 4.79 Å². The largest absolute Gasteiger partial charge is 0.306 e. The van der Waals surface area contributed by atoms with Crippen LogP contribution in [0.15, 0.2) is 24.3 Å². The summed E-state index contributed by atoms with van der Waals surface area (Å²) in [5, 5.41) is 4.00. The standard InChI is InChI=1S/C13H15N3OS/c1-16(12(17)10-6-4-8-14-10)13-15-9-5-2-3-7-11(9)18-13/h2-3,5,7,10,14H,4,6,8H2,1H3. The SMILES string of the molecule is CN(C(=O)C1CCCN1)c1nc2ccccc2s1. The van der Waals surface area contributed by atoms with E-state index in [0.29, 0.717) is 0 Å². The van der Waals surface area contributed by atoms with Gasteiger partial charge in [0, 0.05) is 7.05 Å². The molecule has 0 bridgehead atoms. The highest BCUT2D eigenvalue weighted by molar-refractivity contribution is 7.22. The number of benzene rings is 1. The van der Waals surface area contributed by atoms with E-state index in [9.17, 15) is 4.79 Å². The maximum Gasteiger partial charge on any atom is 0.245 e. The van der Waals surface area contributed by atoms with Crippen molar-refractivity contribution in [3.63, 3.8) is 0 Å². The summed E-state index contributed by atoms with van der Waals surface area (Å²) in [6.07, 6.45) is 2.00. The predicted molar refractivity (Wildman–Crippen MR) is 74.1 cm³/mol. The molecular weight excluding hydrogens is 246 g/mol. The van der Waals surface area contributed by atoms with E-state index in [0.717, 1.165) is 34.7 Å². The molecular formula is C13H15N3OS. The van der Waals surface area contributed by atoms with Crippen molar-refractivity contribution in [2.75, 3.05) is 18.5 Å². The molecule has 0 spiro atoms. The number of anilines is 1. The topological polar surface area (TPSA) is 45.2 Å². The fourth-order valence-electron chi connectivity index (χ4n) is 2.23. The van der Waals surface area contributed by atoms with E-state index >= 15 is 0 Å². The van der Waals surface area contributed by atoms with Crippen LogP contribution in [-0.4, -0.2) is 30.5 Å². The Morgan fingerprint density at radius 3 is 3.06 bits per heavy atom. The molecule has 1 fully saturated rings. The van der Waals surface area contributed by atoms with Crippen LogP contribution in [0.4, 0.5) is 5.13 Å². The van der Waals surface area contributed by atoms with Gasteiger partial charge in [0.2, 0.25) is 5.91 Å². The molecule has 1 aromatic carbocycles. The van der Waals surface area contributed by atoms with Crippen LogP contribution in [-0.2, 0) is 4.79 Å². The molecule has 1 unspecified atom stereocenters. The molecule has 5 heteroatoms. The molecule has 4 nitrogen and oxygen atoms in total. The van der Waals surface area contributed by atoms with Crippen molar-refractivity contribution >= 4 is 32.6 Å². The fourth-order valence-corrected chi connectivity index (χ4v) is 3.16. The first-order valence-corrected chi connectivity index (χ1v) is 6.94. The third-order valence-electron chi connectivity index (χ3n) is 3.26. The van der Waals surface area contributed by atoms with Gasteiger partial charge in [0.25, 0.3) is 0 Å². The molecule has 18 heavy (non-hydrogen) atoms.